The molecule has 0 bridgehead atoms. The molecule has 0 aromatic heterocycles. The van der Waals surface area contributed by atoms with Crippen molar-refractivity contribution in [2.45, 2.75) is 0 Å². The molecule has 118 valence electrons. The van der Waals surface area contributed by atoms with Crippen LogP contribution in [0.3, 0.4) is 0 Å². The number of carbonyl (C=O) groups excluding carboxylic acids is 1. The predicted molar refractivity (Wildman–Crippen MR) is 97.8 cm³/mol. The summed E-state index contributed by atoms with van der Waals surface area (Å²) < 4.78 is 1.54. The molecule has 3 aromatic rings. The third kappa shape index (κ3) is 5.61. The van der Waals surface area contributed by atoms with Gasteiger partial charge in [0.1, 0.15) is 0 Å². The molecule has 0 aliphatic heterocycles. The largest absolute Gasteiger partial charge is 1.00 e. The Morgan fingerprint density at radius 1 is 0.696 bits per heavy atom. The molecule has 4 heteroatoms. The number of hydrogen-bond acceptors (Lipinski definition) is 1. The SMILES string of the molecule is O=[C]=[Ru+][Cl].[H-].c1ccc(P(c2ccccc2)c2ccccc2)cc1. The Labute approximate surface area is 150 Å². The molecular weight excluding hydrogens is 412 g/mol. The molecule has 0 radical (unpaired) electrons. The first-order valence-electron chi connectivity index (χ1n) is 6.92. The molecule has 0 saturated heterocycles. The van der Waals surface area contributed by atoms with Crippen LogP contribution < -0.4 is 15.9 Å². The van der Waals surface area contributed by atoms with Crippen molar-refractivity contribution in [2.75, 3.05) is 0 Å². The van der Waals surface area contributed by atoms with Gasteiger partial charge in [0, 0.05) is 0 Å². The van der Waals surface area contributed by atoms with Gasteiger partial charge in [0.25, 0.3) is 0 Å². The first-order chi connectivity index (χ1) is 11.4. The van der Waals surface area contributed by atoms with E-state index in [-0.39, 0.29) is 1.43 Å². The summed E-state index contributed by atoms with van der Waals surface area (Å²) in [5.41, 5.74) is 0. The van der Waals surface area contributed by atoms with Crippen molar-refractivity contribution in [3.8, 4) is 0 Å². The second-order valence-electron chi connectivity index (χ2n) is 4.48. The van der Waals surface area contributed by atoms with Crippen molar-refractivity contribution in [3.05, 3.63) is 91.0 Å². The Morgan fingerprint density at radius 3 is 1.17 bits per heavy atom. The first-order valence-corrected chi connectivity index (χ1v) is 11.4. The molecule has 0 N–H and O–H groups in total. The Bertz CT molecular complexity index is 656. The molecule has 1 nitrogen and oxygen atoms in total. The molecular formula is C19H16ClOPRu. The normalized spacial score (nSPS) is 9.65. The van der Waals surface area contributed by atoms with Crippen LogP contribution in [0.1, 0.15) is 1.43 Å². The molecule has 0 aliphatic carbocycles. The molecule has 3 aromatic carbocycles. The topological polar surface area (TPSA) is 17.1 Å². The van der Waals surface area contributed by atoms with Gasteiger partial charge in [-0.25, -0.2) is 0 Å². The van der Waals surface area contributed by atoms with Gasteiger partial charge in [-0.1, -0.05) is 91.0 Å². The van der Waals surface area contributed by atoms with Crippen LogP contribution in [0.15, 0.2) is 91.0 Å². The first kappa shape index (κ1) is 17.9. The third-order valence-electron chi connectivity index (χ3n) is 3.07. The predicted octanol–water partition coefficient (Wildman–Crippen LogP) is 3.85. The maximum atomic E-state index is 8.96. The second-order valence-corrected chi connectivity index (χ2v) is 8.17. The Balaban J connectivity index is 0.000000522. The average Bonchev–Trinajstić information content (AvgIpc) is 2.65. The molecule has 23 heavy (non-hydrogen) atoms. The quantitative estimate of drug-likeness (QED) is 0.458. The summed E-state index contributed by atoms with van der Waals surface area (Å²) in [4.78, 5) is 8.96. The summed E-state index contributed by atoms with van der Waals surface area (Å²) in [5, 5.41) is 4.19. The van der Waals surface area contributed by atoms with Gasteiger partial charge < -0.3 is 1.43 Å². The van der Waals surface area contributed by atoms with E-state index < -0.39 is 23.6 Å². The fourth-order valence-corrected chi connectivity index (χ4v) is 4.48. The molecule has 0 amide bonds. The van der Waals surface area contributed by atoms with Gasteiger partial charge in [0.2, 0.25) is 0 Å². The van der Waals surface area contributed by atoms with Crippen molar-refractivity contribution in [1.82, 2.24) is 0 Å². The number of benzene rings is 3. The molecule has 0 heterocycles. The van der Waals surface area contributed by atoms with Crippen LogP contribution in [-0.4, -0.2) is 4.47 Å². The van der Waals surface area contributed by atoms with E-state index in [0.29, 0.717) is 0 Å². The van der Waals surface area contributed by atoms with Gasteiger partial charge in [-0.3, -0.25) is 0 Å². The molecule has 0 saturated carbocycles. The van der Waals surface area contributed by atoms with Crippen molar-refractivity contribution < 1.29 is 21.9 Å². The van der Waals surface area contributed by atoms with E-state index in [0.717, 1.165) is 0 Å². The molecule has 0 fully saturated rings. The maximum absolute atomic E-state index is 8.96. The van der Waals surface area contributed by atoms with E-state index >= 15 is 0 Å². The Kier molecular flexibility index (Phi) is 8.09. The monoisotopic (exact) mass is 428 g/mol. The van der Waals surface area contributed by atoms with E-state index in [4.69, 9.17) is 14.5 Å². The molecule has 3 rings (SSSR count). The Hall–Kier alpha value is -1.42. The minimum absolute atomic E-state index is 0. The Morgan fingerprint density at radius 2 is 0.957 bits per heavy atom. The van der Waals surface area contributed by atoms with Crippen molar-refractivity contribution in [3.63, 3.8) is 0 Å². The zero-order valence-electron chi connectivity index (χ0n) is 13.2. The summed E-state index contributed by atoms with van der Waals surface area (Å²) in [6, 6.07) is 32.3. The van der Waals surface area contributed by atoms with Crippen molar-refractivity contribution in [1.29, 1.82) is 0 Å². The third-order valence-corrected chi connectivity index (χ3v) is 5.97. The maximum Gasteiger partial charge on any atom is -0.0134 e. The van der Waals surface area contributed by atoms with Gasteiger partial charge in [-0.2, -0.15) is 0 Å². The van der Waals surface area contributed by atoms with E-state index in [1.54, 1.807) is 0 Å². The smallest absolute Gasteiger partial charge is 0.0134 e. The van der Waals surface area contributed by atoms with E-state index in [1.165, 1.54) is 20.4 Å². The molecule has 0 atom stereocenters. The minimum atomic E-state index is -0.594. The fourth-order valence-electron chi connectivity index (χ4n) is 2.18. The van der Waals surface area contributed by atoms with Crippen LogP contribution in [0.5, 0.6) is 0 Å². The van der Waals surface area contributed by atoms with Gasteiger partial charge >= 0.3 is 34.6 Å². The molecule has 0 aliphatic rings. The van der Waals surface area contributed by atoms with Crippen LogP contribution in [0.2, 0.25) is 0 Å². The number of hydrogen-bond donors (Lipinski definition) is 0. The van der Waals surface area contributed by atoms with Gasteiger partial charge in [-0.05, 0) is 23.8 Å². The van der Waals surface area contributed by atoms with Crippen LogP contribution in [0, 0.1) is 0 Å². The molecule has 0 spiro atoms. The summed E-state index contributed by atoms with van der Waals surface area (Å²) in [7, 11) is 4.41. The fraction of sp³-hybridized carbons (Fsp3) is 0. The van der Waals surface area contributed by atoms with Crippen LogP contribution in [-0.2, 0) is 20.5 Å². The van der Waals surface area contributed by atoms with Gasteiger partial charge in [0.15, 0.2) is 0 Å². The zero-order chi connectivity index (χ0) is 16.3. The van der Waals surface area contributed by atoms with E-state index in [2.05, 4.69) is 91.0 Å². The van der Waals surface area contributed by atoms with Crippen molar-refractivity contribution in [2.24, 2.45) is 0 Å². The standard InChI is InChI=1S/C18H15P.CO.ClH.Ru.H/c1-4-10-16(11-5-1)19(17-12-6-2-7-13-17)18-14-8-3-9-15-18;1-2;;;/h1-15H;;1H;;/q;;;+2;-1/p-1. The minimum Gasteiger partial charge on any atom is -1.00 e. The number of rotatable bonds is 3. The van der Waals surface area contributed by atoms with Crippen LogP contribution in [0.4, 0.5) is 0 Å². The average molecular weight is 428 g/mol. The number of halogens is 1. The van der Waals surface area contributed by atoms with Crippen LogP contribution in [0.25, 0.3) is 0 Å². The molecule has 0 unspecified atom stereocenters. The van der Waals surface area contributed by atoms with Crippen molar-refractivity contribution >= 4 is 38.0 Å². The summed E-state index contributed by atoms with van der Waals surface area (Å²) in [6.45, 7) is 0. The summed E-state index contributed by atoms with van der Waals surface area (Å²) in [6.07, 6.45) is 0. The second kappa shape index (κ2) is 10.4. The summed E-state index contributed by atoms with van der Waals surface area (Å²) in [5.74, 6) is 0. The van der Waals surface area contributed by atoms with Crippen LogP contribution >= 0.6 is 17.6 Å². The van der Waals surface area contributed by atoms with E-state index in [9.17, 15) is 0 Å². The zero-order valence-corrected chi connectivity index (χ0v) is 15.6. The van der Waals surface area contributed by atoms with Gasteiger partial charge in [0.05, 0.1) is 0 Å². The summed E-state index contributed by atoms with van der Waals surface area (Å²) >= 11 is -0.594. The van der Waals surface area contributed by atoms with E-state index in [1.807, 2.05) is 0 Å². The van der Waals surface area contributed by atoms with Gasteiger partial charge in [-0.15, -0.1) is 0 Å².